The second-order valence-corrected chi connectivity index (χ2v) is 7.68. The SMILES string of the molecule is O=C1N2C(=NC(c3ccc(Cl)cc3)N1c1ccccc1)Sc1ccccc12. The molecule has 0 saturated heterocycles. The number of halogens is 1. The number of nitrogens with zero attached hydrogens (tertiary/aromatic N) is 3. The topological polar surface area (TPSA) is 35.9 Å². The largest absolute Gasteiger partial charge is 0.337 e. The van der Waals surface area contributed by atoms with Gasteiger partial charge in [-0.1, -0.05) is 54.1 Å². The van der Waals surface area contributed by atoms with Crippen LogP contribution in [0.15, 0.2) is 88.8 Å². The molecule has 0 bridgehead atoms. The van der Waals surface area contributed by atoms with E-state index in [-0.39, 0.29) is 6.03 Å². The van der Waals surface area contributed by atoms with E-state index in [1.165, 1.54) is 11.8 Å². The predicted molar refractivity (Wildman–Crippen MR) is 111 cm³/mol. The van der Waals surface area contributed by atoms with E-state index in [1.54, 1.807) is 9.80 Å². The van der Waals surface area contributed by atoms with Crippen LogP contribution in [0, 0.1) is 0 Å². The van der Waals surface area contributed by atoms with Crippen LogP contribution in [0.2, 0.25) is 5.02 Å². The third kappa shape index (κ3) is 2.71. The number of urea groups is 1. The lowest BCUT2D eigenvalue weighted by molar-refractivity contribution is 0.251. The van der Waals surface area contributed by atoms with E-state index in [9.17, 15) is 4.79 Å². The van der Waals surface area contributed by atoms with Gasteiger partial charge in [-0.3, -0.25) is 4.90 Å². The Morgan fingerprint density at radius 3 is 2.37 bits per heavy atom. The summed E-state index contributed by atoms with van der Waals surface area (Å²) in [6.07, 6.45) is -0.440. The molecule has 27 heavy (non-hydrogen) atoms. The molecule has 132 valence electrons. The van der Waals surface area contributed by atoms with E-state index in [2.05, 4.69) is 0 Å². The number of fused-ring (bicyclic) bond motifs is 3. The molecule has 2 aliphatic heterocycles. The molecule has 2 aliphatic rings. The van der Waals surface area contributed by atoms with Crippen molar-refractivity contribution in [3.63, 3.8) is 0 Å². The highest BCUT2D eigenvalue weighted by Gasteiger charge is 2.42. The highest BCUT2D eigenvalue weighted by molar-refractivity contribution is 8.15. The van der Waals surface area contributed by atoms with Crippen LogP contribution in [-0.2, 0) is 0 Å². The van der Waals surface area contributed by atoms with Crippen LogP contribution < -0.4 is 9.80 Å². The molecular formula is C21H14ClN3OS. The second-order valence-electron chi connectivity index (χ2n) is 6.23. The Balaban J connectivity index is 1.68. The maximum absolute atomic E-state index is 13.6. The summed E-state index contributed by atoms with van der Waals surface area (Å²) >= 11 is 7.58. The van der Waals surface area contributed by atoms with Crippen LogP contribution in [0.25, 0.3) is 0 Å². The summed E-state index contributed by atoms with van der Waals surface area (Å²) in [6, 6.07) is 24.9. The third-order valence-electron chi connectivity index (χ3n) is 4.58. The molecule has 0 spiro atoms. The number of aliphatic imine (C=N–C) groups is 1. The Hall–Kier alpha value is -2.76. The zero-order valence-corrected chi connectivity index (χ0v) is 15.7. The zero-order valence-electron chi connectivity index (χ0n) is 14.1. The molecule has 2 amide bonds. The second kappa shape index (κ2) is 6.44. The highest BCUT2D eigenvalue weighted by atomic mass is 35.5. The van der Waals surface area contributed by atoms with Gasteiger partial charge in [-0.15, -0.1) is 0 Å². The number of amidine groups is 1. The van der Waals surface area contributed by atoms with Gasteiger partial charge in [0, 0.05) is 15.6 Å². The van der Waals surface area contributed by atoms with Crippen molar-refractivity contribution in [2.75, 3.05) is 9.80 Å². The smallest absolute Gasteiger partial charge is 0.267 e. The molecule has 1 atom stereocenters. The summed E-state index contributed by atoms with van der Waals surface area (Å²) in [5.41, 5.74) is 2.60. The molecule has 0 radical (unpaired) electrons. The first-order chi connectivity index (χ1) is 13.2. The quantitative estimate of drug-likeness (QED) is 0.541. The standard InChI is InChI=1S/C21H14ClN3OS/c22-15-12-10-14(11-13-15)19-23-20-25(17-8-4-5-9-18(17)27-20)21(26)24(19)16-6-2-1-3-7-16/h1-13,19H. The molecule has 6 heteroatoms. The van der Waals surface area contributed by atoms with Crippen LogP contribution in [0.4, 0.5) is 16.2 Å². The number of benzene rings is 3. The van der Waals surface area contributed by atoms with Gasteiger partial charge < -0.3 is 0 Å². The van der Waals surface area contributed by atoms with Crippen LogP contribution in [0.5, 0.6) is 0 Å². The van der Waals surface area contributed by atoms with Crippen LogP contribution in [0.1, 0.15) is 11.7 Å². The van der Waals surface area contributed by atoms with Crippen molar-refractivity contribution in [1.82, 2.24) is 0 Å². The Bertz CT molecular complexity index is 1050. The molecule has 3 aromatic rings. The fourth-order valence-electron chi connectivity index (χ4n) is 3.32. The van der Waals surface area contributed by atoms with Crippen molar-refractivity contribution in [2.45, 2.75) is 11.1 Å². The predicted octanol–water partition coefficient (Wildman–Crippen LogP) is 5.95. The van der Waals surface area contributed by atoms with Crippen molar-refractivity contribution in [3.05, 3.63) is 89.4 Å². The van der Waals surface area contributed by atoms with Crippen LogP contribution in [-0.4, -0.2) is 11.2 Å². The summed E-state index contributed by atoms with van der Waals surface area (Å²) in [7, 11) is 0. The zero-order chi connectivity index (χ0) is 18.4. The number of amides is 2. The van der Waals surface area contributed by atoms with Gasteiger partial charge in [-0.25, -0.2) is 14.7 Å². The fraction of sp³-hybridized carbons (Fsp3) is 0.0476. The molecule has 1 unspecified atom stereocenters. The lowest BCUT2D eigenvalue weighted by Gasteiger charge is -2.37. The molecule has 5 rings (SSSR count). The monoisotopic (exact) mass is 391 g/mol. The first kappa shape index (κ1) is 16.4. The van der Waals surface area contributed by atoms with Gasteiger partial charge in [0.05, 0.1) is 5.69 Å². The van der Waals surface area contributed by atoms with Crippen LogP contribution >= 0.6 is 23.4 Å². The minimum atomic E-state index is -0.440. The van der Waals surface area contributed by atoms with Gasteiger partial charge in [-0.2, -0.15) is 0 Å². The molecular weight excluding hydrogens is 378 g/mol. The average Bonchev–Trinajstić information content (AvgIpc) is 3.08. The highest BCUT2D eigenvalue weighted by Crippen LogP contribution is 2.45. The van der Waals surface area contributed by atoms with Crippen molar-refractivity contribution in [1.29, 1.82) is 0 Å². The molecule has 2 heterocycles. The lowest BCUT2D eigenvalue weighted by atomic mass is 10.1. The summed E-state index contributed by atoms with van der Waals surface area (Å²) < 4.78 is 0. The van der Waals surface area contributed by atoms with Crippen molar-refractivity contribution in [2.24, 2.45) is 4.99 Å². The number of para-hydroxylation sites is 2. The molecule has 0 aromatic heterocycles. The molecule has 0 N–H and O–H groups in total. The maximum Gasteiger partial charge on any atom is 0.337 e. The first-order valence-electron chi connectivity index (χ1n) is 8.51. The summed E-state index contributed by atoms with van der Waals surface area (Å²) in [4.78, 5) is 22.9. The summed E-state index contributed by atoms with van der Waals surface area (Å²) in [5, 5.41) is 1.36. The lowest BCUT2D eigenvalue weighted by Crippen LogP contribution is -2.50. The number of thioether (sulfide) groups is 1. The molecule has 0 saturated carbocycles. The van der Waals surface area contributed by atoms with Gasteiger partial charge in [0.25, 0.3) is 0 Å². The fourth-order valence-corrected chi connectivity index (χ4v) is 4.47. The minimum Gasteiger partial charge on any atom is -0.267 e. The summed E-state index contributed by atoms with van der Waals surface area (Å²) in [6.45, 7) is 0. The number of anilines is 2. The van der Waals surface area contributed by atoms with E-state index in [0.29, 0.717) is 10.2 Å². The first-order valence-corrected chi connectivity index (χ1v) is 9.70. The van der Waals surface area contributed by atoms with Gasteiger partial charge in [0.2, 0.25) is 0 Å². The van der Waals surface area contributed by atoms with E-state index in [1.807, 2.05) is 78.9 Å². The van der Waals surface area contributed by atoms with E-state index < -0.39 is 6.17 Å². The number of hydrogen-bond donors (Lipinski definition) is 0. The van der Waals surface area contributed by atoms with Gasteiger partial charge >= 0.3 is 6.03 Å². The van der Waals surface area contributed by atoms with E-state index in [0.717, 1.165) is 21.8 Å². The normalized spacial score (nSPS) is 18.2. The molecule has 4 nitrogen and oxygen atoms in total. The van der Waals surface area contributed by atoms with Gasteiger partial charge in [0.15, 0.2) is 11.3 Å². The molecule has 3 aromatic carbocycles. The third-order valence-corrected chi connectivity index (χ3v) is 5.86. The van der Waals surface area contributed by atoms with Crippen molar-refractivity contribution in [3.8, 4) is 0 Å². The van der Waals surface area contributed by atoms with Crippen molar-refractivity contribution < 1.29 is 4.79 Å². The maximum atomic E-state index is 13.6. The Morgan fingerprint density at radius 2 is 1.59 bits per heavy atom. The van der Waals surface area contributed by atoms with E-state index >= 15 is 0 Å². The van der Waals surface area contributed by atoms with Gasteiger partial charge in [-0.05, 0) is 53.7 Å². The number of carbonyl (C=O) groups is 1. The Labute approximate surface area is 166 Å². The average molecular weight is 392 g/mol. The number of carbonyl (C=O) groups excluding carboxylic acids is 1. The van der Waals surface area contributed by atoms with Crippen LogP contribution in [0.3, 0.4) is 0 Å². The molecule has 0 aliphatic carbocycles. The molecule has 0 fully saturated rings. The number of rotatable bonds is 2. The van der Waals surface area contributed by atoms with Gasteiger partial charge in [0.1, 0.15) is 0 Å². The number of hydrogen-bond acceptors (Lipinski definition) is 3. The van der Waals surface area contributed by atoms with Crippen molar-refractivity contribution >= 4 is 45.9 Å². The summed E-state index contributed by atoms with van der Waals surface area (Å²) in [5.74, 6) is 0. The Kier molecular flexibility index (Phi) is 3.92. The minimum absolute atomic E-state index is 0.108. The Morgan fingerprint density at radius 1 is 0.889 bits per heavy atom. The van der Waals surface area contributed by atoms with E-state index in [4.69, 9.17) is 16.6 Å².